The fourth-order valence-electron chi connectivity index (χ4n) is 16.9. The van der Waals surface area contributed by atoms with E-state index in [1.807, 2.05) is 152 Å². The lowest BCUT2D eigenvalue weighted by atomic mass is 9.80. The number of hydrogen-bond acceptors (Lipinski definition) is 12. The molecule has 16 nitrogen and oxygen atoms in total. The van der Waals surface area contributed by atoms with Crippen molar-refractivity contribution in [3.63, 3.8) is 0 Å². The largest absolute Gasteiger partial charge is 0.456 e. The topological polar surface area (TPSA) is 178 Å². The van der Waals surface area contributed by atoms with Crippen LogP contribution in [0, 0.1) is 55.4 Å². The van der Waals surface area contributed by atoms with Crippen molar-refractivity contribution in [2.45, 2.75) is 170 Å². The quantitative estimate of drug-likeness (QED) is 0.0401. The monoisotopic (exact) mass is 1390 g/mol. The van der Waals surface area contributed by atoms with E-state index in [1.165, 1.54) is 0 Å². The lowest BCUT2D eigenvalue weighted by Gasteiger charge is -2.40. The molecule has 2 saturated carbocycles. The molecule has 4 aliphatic rings. The van der Waals surface area contributed by atoms with Gasteiger partial charge in [-0.1, -0.05) is 123 Å². The molecule has 528 valence electrons. The van der Waals surface area contributed by atoms with Crippen LogP contribution >= 0.6 is 0 Å². The maximum atomic E-state index is 16.9. The minimum Gasteiger partial charge on any atom is -0.456 e. The Hall–Kier alpha value is -11.0. The van der Waals surface area contributed by atoms with E-state index in [9.17, 15) is 0 Å². The predicted octanol–water partition coefficient (Wildman–Crippen LogP) is 20.0. The fraction of sp³-hybridized carbons (Fsp3) is 0.318. The summed E-state index contributed by atoms with van der Waals surface area (Å²) in [5.41, 5.74) is 8.03. The summed E-state index contributed by atoms with van der Waals surface area (Å²) in [6, 6.07) is 33.6. The number of amides is 6. The lowest BCUT2D eigenvalue weighted by molar-refractivity contribution is -0.139. The van der Waals surface area contributed by atoms with Crippen LogP contribution in [0.25, 0.3) is 43.1 Å². The molecule has 15 rings (SSSR count). The van der Waals surface area contributed by atoms with Crippen LogP contribution in [0.4, 0.5) is 0 Å². The van der Waals surface area contributed by atoms with Gasteiger partial charge < -0.3 is 28.7 Å². The minimum atomic E-state index is -1.44. The Labute approximate surface area is 606 Å². The number of ether oxygens (including phenoxy) is 4. The molecule has 0 N–H and O–H groups in total. The summed E-state index contributed by atoms with van der Waals surface area (Å²) in [5.74, 6) is -1.39. The summed E-state index contributed by atoms with van der Waals surface area (Å²) in [5, 5.41) is 2.53. The zero-order valence-electron chi connectivity index (χ0n) is 60.8. The highest BCUT2D eigenvalue weighted by molar-refractivity contribution is 6.45. The molecule has 0 bridgehead atoms. The van der Waals surface area contributed by atoms with Gasteiger partial charge in [-0.3, -0.25) is 48.5 Å². The summed E-state index contributed by atoms with van der Waals surface area (Å²) in [6.45, 7) is 20.6. The van der Waals surface area contributed by atoms with Crippen LogP contribution in [0.3, 0.4) is 0 Å². The summed E-state index contributed by atoms with van der Waals surface area (Å²) >= 11 is 0. The number of benzene rings is 9. The van der Waals surface area contributed by atoms with Crippen LogP contribution in [0.15, 0.2) is 146 Å². The van der Waals surface area contributed by atoms with E-state index in [2.05, 4.69) is 9.97 Å². The molecule has 2 unspecified atom stereocenters. The fourth-order valence-corrected chi connectivity index (χ4v) is 16.9. The third kappa shape index (κ3) is 12.1. The molecular weight excluding hydrogens is 1300 g/mol. The van der Waals surface area contributed by atoms with E-state index in [0.717, 1.165) is 119 Å². The third-order valence-corrected chi connectivity index (χ3v) is 21.7. The Morgan fingerprint density at radius 3 is 0.885 bits per heavy atom. The maximum Gasteiger partial charge on any atom is 0.262 e. The second-order valence-electron chi connectivity index (χ2n) is 29.1. The molecule has 9 aromatic carbocycles. The first-order valence-corrected chi connectivity index (χ1v) is 36.8. The second kappa shape index (κ2) is 28.0. The van der Waals surface area contributed by atoms with Gasteiger partial charge in [0.05, 0.1) is 22.3 Å². The molecule has 104 heavy (non-hydrogen) atoms. The normalized spacial score (nSPS) is 15.5. The van der Waals surface area contributed by atoms with Crippen molar-refractivity contribution in [3.8, 4) is 46.0 Å². The lowest BCUT2D eigenvalue weighted by Crippen LogP contribution is -2.52. The van der Waals surface area contributed by atoms with Crippen molar-refractivity contribution >= 4 is 78.5 Å². The minimum absolute atomic E-state index is 0.0601. The molecule has 2 aliphatic heterocycles. The zero-order chi connectivity index (χ0) is 72.5. The summed E-state index contributed by atoms with van der Waals surface area (Å²) in [4.78, 5) is 114. The van der Waals surface area contributed by atoms with E-state index in [0.29, 0.717) is 92.4 Å². The predicted molar refractivity (Wildman–Crippen MR) is 404 cm³/mol. The Morgan fingerprint density at radius 2 is 0.635 bits per heavy atom. The van der Waals surface area contributed by atoms with Gasteiger partial charge in [-0.15, -0.1) is 0 Å². The number of imide groups is 2. The molecule has 2 atom stereocenters. The van der Waals surface area contributed by atoms with Gasteiger partial charge >= 0.3 is 0 Å². The number of carbonyl (C=O) groups excluding carboxylic acids is 6. The number of nitrogens with zero attached hydrogens (tertiary/aromatic N) is 6. The Morgan fingerprint density at radius 1 is 0.365 bits per heavy atom. The number of carbonyl (C=O) groups is 6. The molecule has 0 spiro atoms. The van der Waals surface area contributed by atoms with Gasteiger partial charge in [0.15, 0.2) is 0 Å². The maximum absolute atomic E-state index is 16.9. The standard InChI is InChI=1S/C88H86N6O10/c1-11-39-91(59-19-15-13-16-20-59)87(99)81(57-31-35-89-36-32-57)93-83(95)61-45-69(101-65-27-23-49(3)41-53(65)7)75-77-71(103-67-29-25-51(5)43-55(67)9)47-63-74-64(86(98)94(85(63)97)82(58-33-37-90-38-34-58)88(100)92(40-12-2)60-21-17-14-18-22-60)48-72(104-68-30-26-52(6)44-56(68)10)78(80(74)77)76-70(46-62(84(93)96)73(61)79(75)76)102-66-28-24-50(4)42-54(66)8/h23-38,41-48,59-60,81-82H,11-22,39-40H2,1-10H3. The highest BCUT2D eigenvalue weighted by Crippen LogP contribution is 2.59. The molecule has 11 aromatic rings. The van der Waals surface area contributed by atoms with Gasteiger partial charge in [0.2, 0.25) is 0 Å². The second-order valence-corrected chi connectivity index (χ2v) is 29.1. The van der Waals surface area contributed by atoms with Gasteiger partial charge in [0.25, 0.3) is 35.4 Å². The number of hydrogen-bond donors (Lipinski definition) is 0. The van der Waals surface area contributed by atoms with E-state index in [-0.39, 0.29) is 79.9 Å². The van der Waals surface area contributed by atoms with Crippen LogP contribution in [-0.2, 0) is 9.59 Å². The average Bonchev–Trinajstić information content (AvgIpc) is 0.670. The van der Waals surface area contributed by atoms with Crippen LogP contribution in [0.5, 0.6) is 46.0 Å². The SMILES string of the molecule is CCCN(C(=O)C(c1ccncc1)N1C(=O)c2cc(Oc3ccc(C)cc3C)c3c4c(Oc5ccc(C)cc5C)cc5c6c(cc(Oc7ccc(C)cc7C)c(c7c(Oc8ccc(C)cc8C)cc(c2c37)C1=O)c64)C(=O)N(C(C(=O)N(CCC)C1CCCCC1)c1ccncc1)C5=O)C1CCCCC1. The molecule has 6 amide bonds. The van der Waals surface area contributed by atoms with Gasteiger partial charge in [-0.25, -0.2) is 0 Å². The summed E-state index contributed by atoms with van der Waals surface area (Å²) in [6.07, 6.45) is 16.6. The van der Waals surface area contributed by atoms with Crippen molar-refractivity contribution in [2.24, 2.45) is 0 Å². The number of pyridine rings is 2. The van der Waals surface area contributed by atoms with Gasteiger partial charge in [-0.05, 0) is 200 Å². The van der Waals surface area contributed by atoms with Gasteiger partial charge in [0.1, 0.15) is 58.1 Å². The first kappa shape index (κ1) is 68.8. The number of rotatable bonds is 20. The highest BCUT2D eigenvalue weighted by atomic mass is 16.5. The first-order chi connectivity index (χ1) is 50.3. The van der Waals surface area contributed by atoms with E-state index in [4.69, 9.17) is 18.9 Å². The van der Waals surface area contributed by atoms with Gasteiger partial charge in [-0.2, -0.15) is 0 Å². The molecule has 4 heterocycles. The molecule has 2 fully saturated rings. The van der Waals surface area contributed by atoms with Crippen LogP contribution in [-0.4, -0.2) is 90.2 Å². The van der Waals surface area contributed by atoms with Crippen molar-refractivity contribution in [3.05, 3.63) is 224 Å². The zero-order valence-corrected chi connectivity index (χ0v) is 60.8. The van der Waals surface area contributed by atoms with Crippen LogP contribution in [0.1, 0.15) is 200 Å². The molecule has 2 aliphatic carbocycles. The summed E-state index contributed by atoms with van der Waals surface area (Å²) in [7, 11) is 0. The Balaban J connectivity index is 1.11. The molecule has 0 radical (unpaired) electrons. The Bertz CT molecular complexity index is 4750. The number of fused-ring (bicyclic) bond motifs is 2. The molecule has 2 aromatic heterocycles. The smallest absolute Gasteiger partial charge is 0.262 e. The van der Waals surface area contributed by atoms with Crippen molar-refractivity contribution in [2.75, 3.05) is 13.1 Å². The van der Waals surface area contributed by atoms with Crippen LogP contribution in [0.2, 0.25) is 0 Å². The Kier molecular flexibility index (Phi) is 18.5. The molecule has 0 saturated heterocycles. The van der Waals surface area contributed by atoms with E-state index < -0.39 is 35.7 Å². The third-order valence-electron chi connectivity index (χ3n) is 21.7. The number of aryl methyl sites for hydroxylation is 8. The summed E-state index contributed by atoms with van der Waals surface area (Å²) < 4.78 is 29.9. The molecule has 16 heteroatoms. The van der Waals surface area contributed by atoms with E-state index in [1.54, 1.807) is 73.3 Å². The first-order valence-electron chi connectivity index (χ1n) is 36.8. The van der Waals surface area contributed by atoms with Crippen molar-refractivity contribution < 1.29 is 47.7 Å². The molecular formula is C88H86N6O10. The van der Waals surface area contributed by atoms with Gasteiger partial charge in [0, 0.05) is 93.1 Å². The average molecular weight is 1390 g/mol. The van der Waals surface area contributed by atoms with E-state index >= 15 is 28.8 Å². The van der Waals surface area contributed by atoms with Crippen molar-refractivity contribution in [1.29, 1.82) is 0 Å². The number of aromatic nitrogens is 2. The van der Waals surface area contributed by atoms with Crippen LogP contribution < -0.4 is 18.9 Å². The highest BCUT2D eigenvalue weighted by Gasteiger charge is 2.49. The van der Waals surface area contributed by atoms with Crippen molar-refractivity contribution in [1.82, 2.24) is 29.6 Å².